The number of ether oxygens (including phenoxy) is 2. The predicted molar refractivity (Wildman–Crippen MR) is 114 cm³/mol. The van der Waals surface area contributed by atoms with E-state index in [2.05, 4.69) is 28.3 Å². The van der Waals surface area contributed by atoms with Gasteiger partial charge in [0.2, 0.25) is 5.95 Å². The van der Waals surface area contributed by atoms with Crippen molar-refractivity contribution >= 4 is 32.8 Å². The van der Waals surface area contributed by atoms with Crippen molar-refractivity contribution < 1.29 is 67.3 Å². The van der Waals surface area contributed by atoms with Gasteiger partial charge in [-0.3, -0.25) is 23.4 Å². The quantitative estimate of drug-likeness (QED) is 0.129. The summed E-state index contributed by atoms with van der Waals surface area (Å²) in [4.78, 5) is 41.4. The number of fused-ring (bicyclic) bond motifs is 1. The molecule has 0 spiro atoms. The number of hydrogen-bond donors (Lipinski definition) is 9. The summed E-state index contributed by atoms with van der Waals surface area (Å²) in [5, 5.41) is 49.0. The zero-order chi connectivity index (χ0) is 27.3. The number of H-pyrrole nitrogens is 1. The second-order valence-corrected chi connectivity index (χ2v) is 11.0. The Labute approximate surface area is 205 Å². The Kier molecular flexibility index (Phi) is 7.88. The molecular weight excluding hydrogens is 552 g/mol. The van der Waals surface area contributed by atoms with E-state index < -0.39 is 83.6 Å². The van der Waals surface area contributed by atoms with Crippen LogP contribution in [0.25, 0.3) is 11.2 Å². The molecule has 4 heterocycles. The van der Waals surface area contributed by atoms with E-state index in [0.29, 0.717) is 0 Å². The number of aliphatic hydroxyl groups is 5. The number of nitrogens with zero attached hydrogens (tertiary/aromatic N) is 3. The van der Waals surface area contributed by atoms with E-state index in [0.717, 1.165) is 10.9 Å². The van der Waals surface area contributed by atoms with Gasteiger partial charge in [-0.2, -0.15) is 9.29 Å². The lowest BCUT2D eigenvalue weighted by molar-refractivity contribution is -0.132. The maximum atomic E-state index is 12.2. The first kappa shape index (κ1) is 28.1. The van der Waals surface area contributed by atoms with E-state index in [1.54, 1.807) is 0 Å². The topological polar surface area (TPSA) is 311 Å². The zero-order valence-electron chi connectivity index (χ0n) is 18.3. The molecule has 0 aliphatic carbocycles. The number of aliphatic hydroxyl groups excluding tert-OH is 5. The number of aromatic nitrogens is 4. The lowest BCUT2D eigenvalue weighted by Crippen LogP contribution is -2.34. The zero-order valence-corrected chi connectivity index (χ0v) is 20.1. The highest BCUT2D eigenvalue weighted by atomic mass is 31.3. The smallest absolute Gasteiger partial charge is 0.387 e. The van der Waals surface area contributed by atoms with Gasteiger partial charge >= 0.3 is 15.6 Å². The monoisotopic (exact) mass is 575 g/mol. The molecular formula is C15H23N5O15P2. The Morgan fingerprint density at radius 3 is 2.11 bits per heavy atom. The fraction of sp³-hybridized carbons (Fsp3) is 0.667. The fourth-order valence-electron chi connectivity index (χ4n) is 3.61. The Bertz CT molecular complexity index is 1290. The number of aromatic amines is 1. The van der Waals surface area contributed by atoms with E-state index in [4.69, 9.17) is 15.2 Å². The molecule has 4 rings (SSSR count). The molecule has 208 valence electrons. The molecule has 37 heavy (non-hydrogen) atoms. The van der Waals surface area contributed by atoms with Crippen LogP contribution < -0.4 is 11.3 Å². The van der Waals surface area contributed by atoms with Crippen LogP contribution in [0.15, 0.2) is 11.1 Å². The average molecular weight is 575 g/mol. The first-order valence-electron chi connectivity index (χ1n) is 10.3. The van der Waals surface area contributed by atoms with Crippen molar-refractivity contribution in [1.29, 1.82) is 0 Å². The number of nitrogens with two attached hydrogens (primary N) is 1. The van der Waals surface area contributed by atoms with Crippen LogP contribution in [0.5, 0.6) is 0 Å². The van der Waals surface area contributed by atoms with E-state index >= 15 is 0 Å². The third-order valence-electron chi connectivity index (χ3n) is 5.41. The molecule has 2 saturated heterocycles. The second kappa shape index (κ2) is 10.4. The SMILES string of the molecule is Nc1nc2c(ncn2C2O[C@H](COP(=O)(O)OP(=O)(O)OC[C@H]3O[C@@H](O)[C@H](O)[C@@H]3O)[C@@H](O)[C@H]2O)c(=O)[nH]1. The molecule has 2 aliphatic heterocycles. The number of hydrogen-bond acceptors (Lipinski definition) is 16. The minimum absolute atomic E-state index is 0.0926. The van der Waals surface area contributed by atoms with Gasteiger partial charge in [-0.05, 0) is 0 Å². The van der Waals surface area contributed by atoms with Crippen LogP contribution in [0.3, 0.4) is 0 Å². The van der Waals surface area contributed by atoms with Crippen molar-refractivity contribution in [3.63, 3.8) is 0 Å². The van der Waals surface area contributed by atoms with E-state index in [9.17, 15) is 49.2 Å². The molecule has 2 aromatic rings. The molecule has 10 N–H and O–H groups in total. The molecule has 0 saturated carbocycles. The number of rotatable bonds is 9. The summed E-state index contributed by atoms with van der Waals surface area (Å²) in [6.45, 7) is -1.87. The molecule has 20 nitrogen and oxygen atoms in total. The summed E-state index contributed by atoms with van der Waals surface area (Å²) in [6.07, 6.45) is -11.8. The Hall–Kier alpha value is -1.87. The van der Waals surface area contributed by atoms with Crippen molar-refractivity contribution in [1.82, 2.24) is 19.5 Å². The molecule has 0 radical (unpaired) electrons. The van der Waals surface area contributed by atoms with Gasteiger partial charge in [0.25, 0.3) is 5.56 Å². The molecule has 2 aromatic heterocycles. The Morgan fingerprint density at radius 2 is 1.54 bits per heavy atom. The molecule has 2 aliphatic rings. The van der Waals surface area contributed by atoms with Crippen molar-refractivity contribution in [2.75, 3.05) is 18.9 Å². The van der Waals surface area contributed by atoms with Gasteiger partial charge < -0.3 is 50.5 Å². The number of imidazole rings is 1. The third-order valence-corrected chi connectivity index (χ3v) is 8.01. The van der Waals surface area contributed by atoms with Crippen molar-refractivity contribution in [2.45, 2.75) is 49.1 Å². The van der Waals surface area contributed by atoms with Gasteiger partial charge in [-0.25, -0.2) is 14.1 Å². The summed E-state index contributed by atoms with van der Waals surface area (Å²) in [5.74, 6) is -0.262. The standard InChI is InChI=1S/C15H23N5O15P2/c16-15-18-11-6(12(25)19-15)17-3-20(11)13-9(23)7(21)4(33-13)1-31-36(27,28)35-37(29,30)32-2-5-8(22)10(24)14(26)34-5/h3-5,7-10,13-14,21-24,26H,1-2H2,(H,27,28)(H,29,30)(H3,16,18,19,25)/t4-,5-,7-,8-,9-,10-,13?,14-/m1/s1. The average Bonchev–Trinajstić information content (AvgIpc) is 3.41. The minimum Gasteiger partial charge on any atom is -0.387 e. The third kappa shape index (κ3) is 5.92. The van der Waals surface area contributed by atoms with Gasteiger partial charge in [0.05, 0.1) is 19.5 Å². The number of phosphoric ester groups is 2. The van der Waals surface area contributed by atoms with Crippen molar-refractivity contribution in [2.24, 2.45) is 0 Å². The first-order chi connectivity index (χ1) is 17.2. The van der Waals surface area contributed by atoms with Crippen LogP contribution in [0, 0.1) is 0 Å². The molecule has 3 unspecified atom stereocenters. The van der Waals surface area contributed by atoms with E-state index in [1.165, 1.54) is 0 Å². The summed E-state index contributed by atoms with van der Waals surface area (Å²) >= 11 is 0. The summed E-state index contributed by atoms with van der Waals surface area (Å²) in [5.41, 5.74) is 4.60. The van der Waals surface area contributed by atoms with Gasteiger partial charge in [-0.15, -0.1) is 0 Å². The Morgan fingerprint density at radius 1 is 0.973 bits per heavy atom. The normalized spacial score (nSPS) is 35.5. The number of anilines is 1. The highest BCUT2D eigenvalue weighted by Crippen LogP contribution is 2.60. The van der Waals surface area contributed by atoms with Gasteiger partial charge in [-0.1, -0.05) is 0 Å². The number of nitrogens with one attached hydrogen (secondary N) is 1. The maximum Gasteiger partial charge on any atom is 0.481 e. The van der Waals surface area contributed by atoms with Gasteiger partial charge in [0.15, 0.2) is 23.7 Å². The predicted octanol–water partition coefficient (Wildman–Crippen LogP) is -3.99. The highest BCUT2D eigenvalue weighted by molar-refractivity contribution is 7.61. The largest absolute Gasteiger partial charge is 0.481 e. The molecule has 22 heteroatoms. The van der Waals surface area contributed by atoms with Crippen LogP contribution in [-0.4, -0.2) is 111 Å². The number of nitrogen functional groups attached to an aromatic ring is 1. The summed E-state index contributed by atoms with van der Waals surface area (Å²) in [7, 11) is -10.7. The van der Waals surface area contributed by atoms with E-state index in [-0.39, 0.29) is 17.1 Å². The lowest BCUT2D eigenvalue weighted by atomic mass is 10.1. The van der Waals surface area contributed by atoms with Crippen molar-refractivity contribution in [3.05, 3.63) is 16.7 Å². The first-order valence-corrected chi connectivity index (χ1v) is 13.3. The minimum atomic E-state index is -5.35. The summed E-state index contributed by atoms with van der Waals surface area (Å²) in [6, 6.07) is 0. The molecule has 0 amide bonds. The van der Waals surface area contributed by atoms with E-state index in [1.807, 2.05) is 0 Å². The molecule has 2 fully saturated rings. The lowest BCUT2D eigenvalue weighted by Gasteiger charge is -2.20. The highest BCUT2D eigenvalue weighted by Gasteiger charge is 2.47. The summed E-state index contributed by atoms with van der Waals surface area (Å²) < 4.78 is 48.6. The van der Waals surface area contributed by atoms with Crippen LogP contribution in [0.4, 0.5) is 5.95 Å². The molecule has 0 aromatic carbocycles. The van der Waals surface area contributed by atoms with Crippen molar-refractivity contribution in [3.8, 4) is 0 Å². The second-order valence-electron chi connectivity index (χ2n) is 7.98. The molecule has 0 bridgehead atoms. The van der Waals surface area contributed by atoms with Gasteiger partial charge in [0, 0.05) is 0 Å². The Balaban J connectivity index is 1.36. The maximum absolute atomic E-state index is 12.2. The van der Waals surface area contributed by atoms with Gasteiger partial charge in [0.1, 0.15) is 36.6 Å². The van der Waals surface area contributed by atoms with Crippen LogP contribution in [0.2, 0.25) is 0 Å². The number of phosphoric acid groups is 2. The van der Waals surface area contributed by atoms with Crippen LogP contribution in [-0.2, 0) is 32.0 Å². The fourth-order valence-corrected chi connectivity index (χ4v) is 5.70. The van der Waals surface area contributed by atoms with Crippen LogP contribution in [0.1, 0.15) is 6.23 Å². The molecule has 10 atom stereocenters. The van der Waals surface area contributed by atoms with Crippen LogP contribution >= 0.6 is 15.6 Å².